The van der Waals surface area contributed by atoms with Crippen molar-refractivity contribution in [2.75, 3.05) is 53.0 Å². The van der Waals surface area contributed by atoms with Crippen LogP contribution in [0.2, 0.25) is 0 Å². The Labute approximate surface area is 94.4 Å². The zero-order chi connectivity index (χ0) is 10.9. The molecule has 0 saturated carbocycles. The van der Waals surface area contributed by atoms with Crippen LogP contribution in [0.4, 0.5) is 0 Å². The predicted octanol–water partition coefficient (Wildman–Crippen LogP) is 1.44. The van der Waals surface area contributed by atoms with E-state index in [1.807, 2.05) is 0 Å². The molecule has 0 unspecified atom stereocenters. The summed E-state index contributed by atoms with van der Waals surface area (Å²) in [7, 11) is 1.78. The van der Waals surface area contributed by atoms with Crippen molar-refractivity contribution in [3.05, 3.63) is 0 Å². The van der Waals surface area contributed by atoms with Gasteiger partial charge in [-0.15, -0.1) is 0 Å². The Morgan fingerprint density at radius 3 is 2.07 bits per heavy atom. The van der Waals surface area contributed by atoms with Gasteiger partial charge in [-0.2, -0.15) is 0 Å². The van der Waals surface area contributed by atoms with Gasteiger partial charge in [-0.1, -0.05) is 19.8 Å². The topological polar surface area (TPSA) is 15.7 Å². The first-order chi connectivity index (χ1) is 7.36. The van der Waals surface area contributed by atoms with Crippen molar-refractivity contribution < 1.29 is 4.74 Å². The van der Waals surface area contributed by atoms with Crippen LogP contribution >= 0.6 is 0 Å². The molecule has 0 aromatic carbocycles. The Hall–Kier alpha value is -0.120. The lowest BCUT2D eigenvalue weighted by atomic mass is 10.2. The second kappa shape index (κ2) is 8.08. The molecule has 0 atom stereocenters. The molecule has 1 heterocycles. The van der Waals surface area contributed by atoms with Crippen LogP contribution < -0.4 is 0 Å². The van der Waals surface area contributed by atoms with E-state index in [-0.39, 0.29) is 0 Å². The Morgan fingerprint density at radius 2 is 1.53 bits per heavy atom. The zero-order valence-corrected chi connectivity index (χ0v) is 10.4. The standard InChI is InChI=1S/C12H26N2O/c1-3-4-5-6-13-7-9-14(10-8-13)11-12-15-2/h3-12H2,1-2H3. The van der Waals surface area contributed by atoms with E-state index in [1.165, 1.54) is 52.0 Å². The maximum Gasteiger partial charge on any atom is 0.0589 e. The maximum atomic E-state index is 5.10. The van der Waals surface area contributed by atoms with Crippen LogP contribution in [-0.4, -0.2) is 62.8 Å². The van der Waals surface area contributed by atoms with Gasteiger partial charge in [0.15, 0.2) is 0 Å². The number of ether oxygens (including phenoxy) is 1. The fourth-order valence-electron chi connectivity index (χ4n) is 2.04. The molecule has 0 aliphatic carbocycles. The van der Waals surface area contributed by atoms with E-state index >= 15 is 0 Å². The molecule has 1 aliphatic heterocycles. The molecule has 0 bridgehead atoms. The third-order valence-corrected chi connectivity index (χ3v) is 3.15. The van der Waals surface area contributed by atoms with Gasteiger partial charge >= 0.3 is 0 Å². The lowest BCUT2D eigenvalue weighted by molar-refractivity contribution is 0.0962. The van der Waals surface area contributed by atoms with Crippen molar-refractivity contribution in [3.63, 3.8) is 0 Å². The minimum absolute atomic E-state index is 0.871. The molecule has 1 fully saturated rings. The average molecular weight is 214 g/mol. The third-order valence-electron chi connectivity index (χ3n) is 3.15. The number of hydrogen-bond acceptors (Lipinski definition) is 3. The molecule has 0 N–H and O–H groups in total. The second-order valence-corrected chi connectivity index (χ2v) is 4.38. The Balaban J connectivity index is 2.02. The van der Waals surface area contributed by atoms with Gasteiger partial charge in [0.1, 0.15) is 0 Å². The summed E-state index contributed by atoms with van der Waals surface area (Å²) < 4.78 is 5.10. The first-order valence-electron chi connectivity index (χ1n) is 6.30. The van der Waals surface area contributed by atoms with Crippen LogP contribution in [0.5, 0.6) is 0 Å². The van der Waals surface area contributed by atoms with Crippen LogP contribution in [0.15, 0.2) is 0 Å². The van der Waals surface area contributed by atoms with Gasteiger partial charge in [-0.05, 0) is 13.0 Å². The summed E-state index contributed by atoms with van der Waals surface area (Å²) in [5.41, 5.74) is 0. The van der Waals surface area contributed by atoms with Crippen LogP contribution in [0.3, 0.4) is 0 Å². The van der Waals surface area contributed by atoms with E-state index in [9.17, 15) is 0 Å². The number of piperazine rings is 1. The molecule has 90 valence electrons. The van der Waals surface area contributed by atoms with Crippen molar-refractivity contribution in [2.45, 2.75) is 26.2 Å². The summed E-state index contributed by atoms with van der Waals surface area (Å²) in [6, 6.07) is 0. The lowest BCUT2D eigenvalue weighted by Gasteiger charge is -2.34. The molecular formula is C12H26N2O. The van der Waals surface area contributed by atoms with Gasteiger partial charge < -0.3 is 9.64 Å². The zero-order valence-electron chi connectivity index (χ0n) is 10.4. The fraction of sp³-hybridized carbons (Fsp3) is 1.00. The summed E-state index contributed by atoms with van der Waals surface area (Å²) in [5, 5.41) is 0. The highest BCUT2D eigenvalue weighted by molar-refractivity contribution is 4.71. The summed E-state index contributed by atoms with van der Waals surface area (Å²) in [6.07, 6.45) is 4.08. The van der Waals surface area contributed by atoms with Crippen molar-refractivity contribution in [2.24, 2.45) is 0 Å². The minimum atomic E-state index is 0.871. The number of hydrogen-bond donors (Lipinski definition) is 0. The Morgan fingerprint density at radius 1 is 0.933 bits per heavy atom. The molecule has 3 heteroatoms. The van der Waals surface area contributed by atoms with E-state index in [0.717, 1.165) is 13.2 Å². The normalized spacial score (nSPS) is 19.6. The minimum Gasteiger partial charge on any atom is -0.383 e. The molecule has 15 heavy (non-hydrogen) atoms. The molecular weight excluding hydrogens is 188 g/mol. The van der Waals surface area contributed by atoms with E-state index in [2.05, 4.69) is 16.7 Å². The number of unbranched alkanes of at least 4 members (excludes halogenated alkanes) is 2. The van der Waals surface area contributed by atoms with Crippen molar-refractivity contribution in [1.82, 2.24) is 9.80 Å². The largest absolute Gasteiger partial charge is 0.383 e. The van der Waals surface area contributed by atoms with Crippen molar-refractivity contribution >= 4 is 0 Å². The molecule has 3 nitrogen and oxygen atoms in total. The van der Waals surface area contributed by atoms with Crippen LogP contribution in [0, 0.1) is 0 Å². The van der Waals surface area contributed by atoms with E-state index in [4.69, 9.17) is 4.74 Å². The summed E-state index contributed by atoms with van der Waals surface area (Å²) in [6.45, 7) is 10.5. The first kappa shape index (κ1) is 12.9. The lowest BCUT2D eigenvalue weighted by Crippen LogP contribution is -2.47. The quantitative estimate of drug-likeness (QED) is 0.596. The Bertz CT molecular complexity index is 145. The van der Waals surface area contributed by atoms with Crippen LogP contribution in [-0.2, 0) is 4.74 Å². The highest BCUT2D eigenvalue weighted by atomic mass is 16.5. The predicted molar refractivity (Wildman–Crippen MR) is 64.3 cm³/mol. The number of nitrogens with zero attached hydrogens (tertiary/aromatic N) is 2. The third kappa shape index (κ3) is 5.50. The van der Waals surface area contributed by atoms with E-state index in [0.29, 0.717) is 0 Å². The van der Waals surface area contributed by atoms with Crippen LogP contribution in [0.1, 0.15) is 26.2 Å². The van der Waals surface area contributed by atoms with E-state index < -0.39 is 0 Å². The maximum absolute atomic E-state index is 5.10. The monoisotopic (exact) mass is 214 g/mol. The van der Waals surface area contributed by atoms with E-state index in [1.54, 1.807) is 7.11 Å². The molecule has 1 rings (SSSR count). The molecule has 0 amide bonds. The van der Waals surface area contributed by atoms with Gasteiger partial charge in [-0.3, -0.25) is 4.90 Å². The summed E-state index contributed by atoms with van der Waals surface area (Å²) in [4.78, 5) is 5.10. The number of methoxy groups -OCH3 is 1. The van der Waals surface area contributed by atoms with Crippen molar-refractivity contribution in [3.8, 4) is 0 Å². The molecule has 0 aromatic rings. The highest BCUT2D eigenvalue weighted by Crippen LogP contribution is 2.04. The molecule has 1 aliphatic rings. The summed E-state index contributed by atoms with van der Waals surface area (Å²) >= 11 is 0. The van der Waals surface area contributed by atoms with Crippen molar-refractivity contribution in [1.29, 1.82) is 0 Å². The van der Waals surface area contributed by atoms with Crippen LogP contribution in [0.25, 0.3) is 0 Å². The average Bonchev–Trinajstić information content (AvgIpc) is 2.28. The van der Waals surface area contributed by atoms with Gasteiger partial charge in [0.05, 0.1) is 6.61 Å². The van der Waals surface area contributed by atoms with Gasteiger partial charge in [-0.25, -0.2) is 0 Å². The number of rotatable bonds is 7. The highest BCUT2D eigenvalue weighted by Gasteiger charge is 2.15. The molecule has 0 radical (unpaired) electrons. The fourth-order valence-corrected chi connectivity index (χ4v) is 2.04. The SMILES string of the molecule is CCCCCN1CCN(CCOC)CC1. The molecule has 0 spiro atoms. The van der Waals surface area contributed by atoms with Gasteiger partial charge in [0.25, 0.3) is 0 Å². The molecule has 0 aromatic heterocycles. The molecule has 1 saturated heterocycles. The first-order valence-corrected chi connectivity index (χ1v) is 6.30. The van der Waals surface area contributed by atoms with Gasteiger partial charge in [0.2, 0.25) is 0 Å². The smallest absolute Gasteiger partial charge is 0.0589 e. The summed E-state index contributed by atoms with van der Waals surface area (Å²) in [5.74, 6) is 0. The Kier molecular flexibility index (Phi) is 6.98. The van der Waals surface area contributed by atoms with Gasteiger partial charge in [0, 0.05) is 39.8 Å². The second-order valence-electron chi connectivity index (χ2n) is 4.38.